The zero-order valence-corrected chi connectivity index (χ0v) is 10.3. The van der Waals surface area contributed by atoms with E-state index in [1.165, 1.54) is 12.0 Å². The van der Waals surface area contributed by atoms with Gasteiger partial charge in [0.1, 0.15) is 0 Å². The summed E-state index contributed by atoms with van der Waals surface area (Å²) in [5, 5.41) is 9.22. The summed E-state index contributed by atoms with van der Waals surface area (Å²) in [6, 6.07) is 8.42. The minimum absolute atomic E-state index is 0.0503. The normalized spacial score (nSPS) is 14.8. The second kappa shape index (κ2) is 6.66. The van der Waals surface area contributed by atoms with E-state index >= 15 is 0 Å². The first kappa shape index (κ1) is 13.2. The Kier molecular flexibility index (Phi) is 5.50. The van der Waals surface area contributed by atoms with E-state index in [-0.39, 0.29) is 18.6 Å². The van der Waals surface area contributed by atoms with Crippen LogP contribution < -0.4 is 5.73 Å². The summed E-state index contributed by atoms with van der Waals surface area (Å²) in [4.78, 5) is 0. The molecule has 0 aliphatic rings. The molecule has 0 radical (unpaired) electrons. The zero-order chi connectivity index (χ0) is 12.0. The molecule has 0 aliphatic heterocycles. The van der Waals surface area contributed by atoms with E-state index in [2.05, 4.69) is 38.1 Å². The fraction of sp³-hybridized carbons (Fsp3) is 0.571. The molecule has 16 heavy (non-hydrogen) atoms. The first-order valence-corrected chi connectivity index (χ1v) is 6.18. The van der Waals surface area contributed by atoms with Gasteiger partial charge in [-0.05, 0) is 24.0 Å². The molecule has 90 valence electrons. The number of nitrogens with two attached hydrogens (primary N) is 1. The summed E-state index contributed by atoms with van der Waals surface area (Å²) in [7, 11) is 0. The van der Waals surface area contributed by atoms with Crippen molar-refractivity contribution in [3.05, 3.63) is 35.4 Å². The Morgan fingerprint density at radius 3 is 2.25 bits per heavy atom. The predicted molar refractivity (Wildman–Crippen MR) is 68.2 cm³/mol. The molecule has 0 fully saturated rings. The molecule has 2 heteroatoms. The maximum Gasteiger partial charge on any atom is 0.0477 e. The average molecular weight is 221 g/mol. The van der Waals surface area contributed by atoms with Crippen LogP contribution in [0.4, 0.5) is 0 Å². The molecule has 0 heterocycles. The third-order valence-corrected chi connectivity index (χ3v) is 3.17. The lowest BCUT2D eigenvalue weighted by molar-refractivity contribution is 0.200. The molecule has 0 spiro atoms. The molecule has 1 aromatic carbocycles. The summed E-state index contributed by atoms with van der Waals surface area (Å²) >= 11 is 0. The van der Waals surface area contributed by atoms with Gasteiger partial charge >= 0.3 is 0 Å². The monoisotopic (exact) mass is 221 g/mol. The summed E-state index contributed by atoms with van der Waals surface area (Å²) in [6.45, 7) is 4.40. The number of benzene rings is 1. The molecule has 2 unspecified atom stereocenters. The molecular formula is C14H23NO. The summed E-state index contributed by atoms with van der Waals surface area (Å²) in [6.07, 6.45) is 3.20. The van der Waals surface area contributed by atoms with Gasteiger partial charge < -0.3 is 10.8 Å². The molecule has 0 saturated carbocycles. The maximum atomic E-state index is 9.22. The van der Waals surface area contributed by atoms with Gasteiger partial charge in [-0.3, -0.25) is 0 Å². The lowest BCUT2D eigenvalue weighted by Gasteiger charge is -2.21. The Labute approximate surface area is 98.5 Å². The van der Waals surface area contributed by atoms with E-state index in [0.29, 0.717) is 0 Å². The van der Waals surface area contributed by atoms with Crippen LogP contribution in [0.15, 0.2) is 24.3 Å². The Bertz CT molecular complexity index is 290. The van der Waals surface area contributed by atoms with Crippen LogP contribution in [-0.2, 0) is 6.42 Å². The quantitative estimate of drug-likeness (QED) is 0.775. The molecule has 0 aliphatic carbocycles. The Balaban J connectivity index is 2.72. The van der Waals surface area contributed by atoms with Crippen LogP contribution in [0.2, 0.25) is 0 Å². The molecule has 0 saturated heterocycles. The van der Waals surface area contributed by atoms with E-state index in [1.54, 1.807) is 0 Å². The lowest BCUT2D eigenvalue weighted by Crippen LogP contribution is -2.23. The van der Waals surface area contributed by atoms with Crippen molar-refractivity contribution in [1.82, 2.24) is 0 Å². The van der Waals surface area contributed by atoms with Crippen LogP contribution >= 0.6 is 0 Å². The number of hydrogen-bond acceptors (Lipinski definition) is 2. The predicted octanol–water partition coefficient (Wildman–Crippen LogP) is 2.66. The van der Waals surface area contributed by atoms with Crippen molar-refractivity contribution >= 4 is 0 Å². The van der Waals surface area contributed by atoms with Crippen molar-refractivity contribution in [3.63, 3.8) is 0 Å². The fourth-order valence-corrected chi connectivity index (χ4v) is 1.96. The van der Waals surface area contributed by atoms with Crippen LogP contribution in [0, 0.1) is 5.92 Å². The van der Waals surface area contributed by atoms with Crippen LogP contribution in [0.25, 0.3) is 0 Å². The van der Waals surface area contributed by atoms with Gasteiger partial charge in [-0.2, -0.15) is 0 Å². The Morgan fingerprint density at radius 2 is 1.81 bits per heavy atom. The zero-order valence-electron chi connectivity index (χ0n) is 10.3. The SMILES string of the molecule is CCCc1ccc(C(N)C(CC)CO)cc1. The molecule has 2 atom stereocenters. The molecule has 1 aromatic rings. The average Bonchev–Trinajstić information content (AvgIpc) is 2.32. The van der Waals surface area contributed by atoms with Gasteiger partial charge in [0, 0.05) is 18.6 Å². The van der Waals surface area contributed by atoms with Gasteiger partial charge in [0.05, 0.1) is 0 Å². The van der Waals surface area contributed by atoms with E-state index in [1.807, 2.05) is 0 Å². The van der Waals surface area contributed by atoms with E-state index in [4.69, 9.17) is 5.73 Å². The molecule has 0 bridgehead atoms. The number of hydrogen-bond donors (Lipinski definition) is 2. The van der Waals surface area contributed by atoms with Crippen LogP contribution in [0.3, 0.4) is 0 Å². The molecule has 3 N–H and O–H groups in total. The maximum absolute atomic E-state index is 9.22. The number of aliphatic hydroxyl groups excluding tert-OH is 1. The molecule has 0 amide bonds. The standard InChI is InChI=1S/C14H23NO/c1-3-5-11-6-8-13(9-7-11)14(15)12(4-2)10-16/h6-9,12,14,16H,3-5,10,15H2,1-2H3. The Morgan fingerprint density at radius 1 is 1.19 bits per heavy atom. The molecule has 2 nitrogen and oxygen atoms in total. The van der Waals surface area contributed by atoms with Gasteiger partial charge in [-0.25, -0.2) is 0 Å². The minimum Gasteiger partial charge on any atom is -0.396 e. The number of aliphatic hydroxyl groups is 1. The van der Waals surface area contributed by atoms with Crippen LogP contribution in [0.5, 0.6) is 0 Å². The van der Waals surface area contributed by atoms with Crippen molar-refractivity contribution in [2.75, 3.05) is 6.61 Å². The van der Waals surface area contributed by atoms with Gasteiger partial charge in [0.15, 0.2) is 0 Å². The fourth-order valence-electron chi connectivity index (χ4n) is 1.96. The second-order valence-electron chi connectivity index (χ2n) is 4.37. The minimum atomic E-state index is -0.0503. The topological polar surface area (TPSA) is 46.2 Å². The number of aryl methyl sites for hydroxylation is 1. The lowest BCUT2D eigenvalue weighted by atomic mass is 9.91. The van der Waals surface area contributed by atoms with Crippen molar-refractivity contribution < 1.29 is 5.11 Å². The van der Waals surface area contributed by atoms with Crippen molar-refractivity contribution in [3.8, 4) is 0 Å². The first-order chi connectivity index (χ1) is 7.72. The third kappa shape index (κ3) is 3.32. The highest BCUT2D eigenvalue weighted by atomic mass is 16.3. The van der Waals surface area contributed by atoms with E-state index in [9.17, 15) is 5.11 Å². The van der Waals surface area contributed by atoms with Gasteiger partial charge in [0.2, 0.25) is 0 Å². The molecule has 0 aromatic heterocycles. The van der Waals surface area contributed by atoms with E-state index < -0.39 is 0 Å². The number of rotatable bonds is 6. The Hall–Kier alpha value is -0.860. The van der Waals surface area contributed by atoms with E-state index in [0.717, 1.165) is 18.4 Å². The second-order valence-corrected chi connectivity index (χ2v) is 4.37. The summed E-state index contributed by atoms with van der Waals surface area (Å²) < 4.78 is 0. The first-order valence-electron chi connectivity index (χ1n) is 6.18. The smallest absolute Gasteiger partial charge is 0.0477 e. The highest BCUT2D eigenvalue weighted by molar-refractivity contribution is 5.25. The van der Waals surface area contributed by atoms with Crippen LogP contribution in [-0.4, -0.2) is 11.7 Å². The summed E-state index contributed by atoms with van der Waals surface area (Å²) in [5.74, 6) is 0.164. The van der Waals surface area contributed by atoms with Crippen molar-refractivity contribution in [1.29, 1.82) is 0 Å². The summed E-state index contributed by atoms with van der Waals surface area (Å²) in [5.41, 5.74) is 8.61. The van der Waals surface area contributed by atoms with Gasteiger partial charge in [-0.1, -0.05) is 44.5 Å². The van der Waals surface area contributed by atoms with Crippen molar-refractivity contribution in [2.24, 2.45) is 11.7 Å². The molecule has 1 rings (SSSR count). The van der Waals surface area contributed by atoms with Crippen LogP contribution in [0.1, 0.15) is 43.9 Å². The highest BCUT2D eigenvalue weighted by Gasteiger charge is 2.16. The third-order valence-electron chi connectivity index (χ3n) is 3.17. The molecular weight excluding hydrogens is 198 g/mol. The van der Waals surface area contributed by atoms with Gasteiger partial charge in [-0.15, -0.1) is 0 Å². The highest BCUT2D eigenvalue weighted by Crippen LogP contribution is 2.22. The largest absolute Gasteiger partial charge is 0.396 e. The van der Waals surface area contributed by atoms with Crippen molar-refractivity contribution in [2.45, 2.75) is 39.2 Å². The van der Waals surface area contributed by atoms with Gasteiger partial charge in [0.25, 0.3) is 0 Å².